The van der Waals surface area contributed by atoms with Crippen molar-refractivity contribution in [3.63, 3.8) is 0 Å². The number of nitrogens with zero attached hydrogens (tertiary/aromatic N) is 1. The van der Waals surface area contributed by atoms with E-state index in [4.69, 9.17) is 21.4 Å². The van der Waals surface area contributed by atoms with E-state index in [9.17, 15) is 9.18 Å². The largest absolute Gasteiger partial charge is 0.477 e. The number of carboxylic acid groups (broad SMARTS) is 1. The van der Waals surface area contributed by atoms with Gasteiger partial charge in [0.2, 0.25) is 0 Å². The Hall–Kier alpha value is -2.14. The highest BCUT2D eigenvalue weighted by Gasteiger charge is 2.07. The van der Waals surface area contributed by atoms with Gasteiger partial charge in [-0.2, -0.15) is 0 Å². The number of aromatic nitrogens is 1. The molecule has 0 aliphatic carbocycles. The summed E-state index contributed by atoms with van der Waals surface area (Å²) in [5, 5.41) is 8.93. The maximum Gasteiger partial charge on any atom is 0.354 e. The Kier molecular flexibility index (Phi) is 3.43. The molecule has 0 aliphatic rings. The normalized spacial score (nSPS) is 10.1. The summed E-state index contributed by atoms with van der Waals surface area (Å²) in [6.45, 7) is 0. The fourth-order valence-electron chi connectivity index (χ4n) is 1.25. The molecule has 0 spiro atoms. The van der Waals surface area contributed by atoms with E-state index < -0.39 is 11.8 Å². The van der Waals surface area contributed by atoms with Crippen LogP contribution in [0.15, 0.2) is 36.5 Å². The number of rotatable bonds is 3. The molecule has 0 saturated heterocycles. The molecule has 2 aromatic rings. The average Bonchev–Trinajstić information content (AvgIpc) is 2.33. The number of benzene rings is 1. The van der Waals surface area contributed by atoms with Gasteiger partial charge < -0.3 is 9.84 Å². The molecular weight excluding hydrogens is 261 g/mol. The minimum absolute atomic E-state index is 0.00993. The molecule has 18 heavy (non-hydrogen) atoms. The second-order valence-corrected chi connectivity index (χ2v) is 3.80. The Balaban J connectivity index is 2.21. The minimum atomic E-state index is -1.14. The van der Waals surface area contributed by atoms with Crippen molar-refractivity contribution in [1.29, 1.82) is 0 Å². The number of hydrogen-bond donors (Lipinski definition) is 1. The number of carbonyl (C=O) groups is 1. The first-order valence-electron chi connectivity index (χ1n) is 4.88. The Labute approximate surface area is 107 Å². The van der Waals surface area contributed by atoms with Crippen LogP contribution in [0.5, 0.6) is 11.5 Å². The van der Waals surface area contributed by atoms with Gasteiger partial charge >= 0.3 is 5.97 Å². The summed E-state index contributed by atoms with van der Waals surface area (Å²) >= 11 is 5.60. The van der Waals surface area contributed by atoms with Gasteiger partial charge in [0.1, 0.15) is 11.4 Å². The topological polar surface area (TPSA) is 59.4 Å². The average molecular weight is 268 g/mol. The maximum atomic E-state index is 13.4. The fourth-order valence-corrected chi connectivity index (χ4v) is 1.41. The van der Waals surface area contributed by atoms with E-state index in [-0.39, 0.29) is 22.2 Å². The van der Waals surface area contributed by atoms with Gasteiger partial charge in [0, 0.05) is 5.02 Å². The molecule has 0 radical (unpaired) electrons. The summed E-state index contributed by atoms with van der Waals surface area (Å²) in [4.78, 5) is 14.2. The van der Waals surface area contributed by atoms with Gasteiger partial charge in [-0.05, 0) is 30.3 Å². The van der Waals surface area contributed by atoms with Crippen LogP contribution in [0.25, 0.3) is 0 Å². The molecule has 0 fully saturated rings. The second-order valence-electron chi connectivity index (χ2n) is 3.36. The smallest absolute Gasteiger partial charge is 0.354 e. The molecule has 2 rings (SSSR count). The number of pyridine rings is 1. The monoisotopic (exact) mass is 267 g/mol. The standard InChI is InChI=1S/C12H7ClFNO3/c13-7-1-4-11(9(14)5-7)18-8-2-3-10(12(16)17)15-6-8/h1-6H,(H,16,17). The first-order valence-corrected chi connectivity index (χ1v) is 5.26. The van der Waals surface area contributed by atoms with E-state index >= 15 is 0 Å². The summed E-state index contributed by atoms with van der Waals surface area (Å²) < 4.78 is 18.6. The van der Waals surface area contributed by atoms with E-state index in [2.05, 4.69) is 4.98 Å². The van der Waals surface area contributed by atoms with Gasteiger partial charge in [0.05, 0.1) is 6.20 Å². The lowest BCUT2D eigenvalue weighted by Gasteiger charge is -2.06. The molecule has 92 valence electrons. The lowest BCUT2D eigenvalue weighted by atomic mass is 10.3. The number of ether oxygens (including phenoxy) is 1. The highest BCUT2D eigenvalue weighted by molar-refractivity contribution is 6.30. The van der Waals surface area contributed by atoms with Gasteiger partial charge in [-0.1, -0.05) is 11.6 Å². The van der Waals surface area contributed by atoms with Crippen LogP contribution in [0.4, 0.5) is 4.39 Å². The second kappa shape index (κ2) is 5.01. The Morgan fingerprint density at radius 1 is 1.33 bits per heavy atom. The summed E-state index contributed by atoms with van der Waals surface area (Å²) in [5.74, 6) is -1.52. The van der Waals surface area contributed by atoms with Gasteiger partial charge in [-0.25, -0.2) is 14.2 Å². The Bertz CT molecular complexity index is 586. The van der Waals surface area contributed by atoms with Crippen molar-refractivity contribution < 1.29 is 19.0 Å². The predicted molar refractivity (Wildman–Crippen MR) is 62.7 cm³/mol. The molecule has 0 unspecified atom stereocenters. The molecule has 0 amide bonds. The quantitative estimate of drug-likeness (QED) is 0.926. The van der Waals surface area contributed by atoms with Crippen LogP contribution in [0.2, 0.25) is 5.02 Å². The molecule has 4 nitrogen and oxygen atoms in total. The highest BCUT2D eigenvalue weighted by Crippen LogP contribution is 2.26. The number of hydrogen-bond acceptors (Lipinski definition) is 3. The van der Waals surface area contributed by atoms with Crippen molar-refractivity contribution in [2.45, 2.75) is 0 Å². The zero-order valence-electron chi connectivity index (χ0n) is 8.93. The zero-order valence-corrected chi connectivity index (χ0v) is 9.69. The van der Waals surface area contributed by atoms with Crippen LogP contribution in [-0.4, -0.2) is 16.1 Å². The van der Waals surface area contributed by atoms with Crippen molar-refractivity contribution in [3.8, 4) is 11.5 Å². The first-order chi connectivity index (χ1) is 8.56. The van der Waals surface area contributed by atoms with Crippen molar-refractivity contribution in [2.75, 3.05) is 0 Å². The molecule has 0 bridgehead atoms. The van der Waals surface area contributed by atoms with E-state index in [1.807, 2.05) is 0 Å². The van der Waals surface area contributed by atoms with Gasteiger partial charge in [0.15, 0.2) is 11.6 Å². The van der Waals surface area contributed by atoms with Gasteiger partial charge in [0.25, 0.3) is 0 Å². The van der Waals surface area contributed by atoms with Crippen LogP contribution in [0.1, 0.15) is 10.5 Å². The summed E-state index contributed by atoms with van der Waals surface area (Å²) in [6, 6.07) is 6.65. The van der Waals surface area contributed by atoms with Gasteiger partial charge in [-0.3, -0.25) is 0 Å². The van der Waals surface area contributed by atoms with E-state index in [0.29, 0.717) is 0 Å². The molecule has 0 saturated carbocycles. The van der Waals surface area contributed by atoms with Crippen molar-refractivity contribution in [3.05, 3.63) is 53.1 Å². The molecule has 1 aromatic carbocycles. The van der Waals surface area contributed by atoms with E-state index in [0.717, 1.165) is 6.07 Å². The number of aromatic carboxylic acids is 1. The van der Waals surface area contributed by atoms with Crippen LogP contribution in [0.3, 0.4) is 0 Å². The SMILES string of the molecule is O=C(O)c1ccc(Oc2ccc(Cl)cc2F)cn1. The molecule has 1 aromatic heterocycles. The highest BCUT2D eigenvalue weighted by atomic mass is 35.5. The van der Waals surface area contributed by atoms with Crippen molar-refractivity contribution in [2.24, 2.45) is 0 Å². The van der Waals surface area contributed by atoms with Crippen LogP contribution in [0, 0.1) is 5.82 Å². The van der Waals surface area contributed by atoms with Crippen LogP contribution in [-0.2, 0) is 0 Å². The molecular formula is C12H7ClFNO3. The Morgan fingerprint density at radius 2 is 2.11 bits per heavy atom. The molecule has 6 heteroatoms. The number of halogens is 2. The third-order valence-electron chi connectivity index (χ3n) is 2.08. The van der Waals surface area contributed by atoms with Crippen molar-refractivity contribution >= 4 is 17.6 Å². The lowest BCUT2D eigenvalue weighted by molar-refractivity contribution is 0.0690. The van der Waals surface area contributed by atoms with Crippen LogP contribution >= 0.6 is 11.6 Å². The molecule has 1 N–H and O–H groups in total. The molecule has 1 heterocycles. The Morgan fingerprint density at radius 3 is 2.67 bits per heavy atom. The third kappa shape index (κ3) is 2.75. The number of carboxylic acids is 1. The third-order valence-corrected chi connectivity index (χ3v) is 2.31. The maximum absolute atomic E-state index is 13.4. The fraction of sp³-hybridized carbons (Fsp3) is 0. The van der Waals surface area contributed by atoms with E-state index in [1.54, 1.807) is 0 Å². The summed E-state index contributed by atoms with van der Waals surface area (Å²) in [5.41, 5.74) is -0.112. The summed E-state index contributed by atoms with van der Waals surface area (Å²) in [6.07, 6.45) is 1.21. The van der Waals surface area contributed by atoms with Crippen LogP contribution < -0.4 is 4.74 Å². The predicted octanol–water partition coefficient (Wildman–Crippen LogP) is 3.36. The minimum Gasteiger partial charge on any atom is -0.477 e. The van der Waals surface area contributed by atoms with E-state index in [1.165, 1.54) is 30.5 Å². The van der Waals surface area contributed by atoms with Gasteiger partial charge in [-0.15, -0.1) is 0 Å². The molecule has 0 atom stereocenters. The molecule has 0 aliphatic heterocycles. The summed E-state index contributed by atoms with van der Waals surface area (Å²) in [7, 11) is 0. The van der Waals surface area contributed by atoms with Crippen molar-refractivity contribution in [1.82, 2.24) is 4.98 Å². The zero-order chi connectivity index (χ0) is 13.1. The first kappa shape index (κ1) is 12.3. The lowest BCUT2D eigenvalue weighted by Crippen LogP contribution is -1.99.